The van der Waals surface area contributed by atoms with Crippen LogP contribution in [0.4, 0.5) is 4.39 Å². The molecule has 0 radical (unpaired) electrons. The Morgan fingerprint density at radius 3 is 2.60 bits per heavy atom. The van der Waals surface area contributed by atoms with Crippen LogP contribution >= 0.6 is 35.0 Å². The maximum absolute atomic E-state index is 13.4. The maximum Gasteiger partial charge on any atom is 0.123 e. The summed E-state index contributed by atoms with van der Waals surface area (Å²) in [6.45, 7) is 0. The lowest BCUT2D eigenvalue weighted by molar-refractivity contribution is 0.611. The van der Waals surface area contributed by atoms with Gasteiger partial charge in [0.05, 0.1) is 5.02 Å². The van der Waals surface area contributed by atoms with E-state index in [0.29, 0.717) is 10.8 Å². The van der Waals surface area contributed by atoms with Gasteiger partial charge in [-0.2, -0.15) is 0 Å². The maximum atomic E-state index is 13.4. The molecule has 5 heteroatoms. The monoisotopic (exact) mass is 329 g/mol. The summed E-state index contributed by atoms with van der Waals surface area (Å²) in [5, 5.41) is 4.44. The molecule has 1 N–H and O–H groups in total. The van der Waals surface area contributed by atoms with E-state index in [2.05, 4.69) is 5.32 Å². The Kier molecular flexibility index (Phi) is 5.73. The van der Waals surface area contributed by atoms with Gasteiger partial charge >= 0.3 is 0 Å². The number of halogens is 3. The molecule has 0 amide bonds. The van der Waals surface area contributed by atoms with Gasteiger partial charge in [-0.3, -0.25) is 0 Å². The minimum Gasteiger partial charge on any atom is -0.312 e. The van der Waals surface area contributed by atoms with E-state index >= 15 is 0 Å². The highest BCUT2D eigenvalue weighted by molar-refractivity contribution is 7.99. The predicted molar refractivity (Wildman–Crippen MR) is 85.4 cm³/mol. The Hall–Kier alpha value is -0.740. The minimum atomic E-state index is -0.285. The second-order valence-corrected chi connectivity index (χ2v) is 6.12. The fourth-order valence-electron chi connectivity index (χ4n) is 1.85. The fraction of sp³-hybridized carbons (Fsp3) is 0.200. The van der Waals surface area contributed by atoms with Crippen molar-refractivity contribution in [2.75, 3.05) is 12.8 Å². The topological polar surface area (TPSA) is 12.0 Å². The second-order valence-electron chi connectivity index (χ2n) is 4.25. The summed E-state index contributed by atoms with van der Waals surface area (Å²) in [6.07, 6.45) is 0. The fourth-order valence-corrected chi connectivity index (χ4v) is 3.47. The molecule has 0 saturated carbocycles. The molecule has 0 fully saturated rings. The first-order valence-corrected chi connectivity index (χ1v) is 7.85. The van der Waals surface area contributed by atoms with Crippen molar-refractivity contribution < 1.29 is 4.39 Å². The van der Waals surface area contributed by atoms with Gasteiger partial charge in [-0.05, 0) is 42.9 Å². The molecule has 0 aliphatic heterocycles. The minimum absolute atomic E-state index is 0.0422. The molecule has 0 saturated heterocycles. The molecule has 20 heavy (non-hydrogen) atoms. The van der Waals surface area contributed by atoms with Crippen molar-refractivity contribution in [1.82, 2.24) is 5.32 Å². The van der Waals surface area contributed by atoms with Gasteiger partial charge in [-0.15, -0.1) is 11.8 Å². The lowest BCUT2D eigenvalue weighted by Gasteiger charge is -2.18. The molecule has 0 aliphatic carbocycles. The highest BCUT2D eigenvalue weighted by atomic mass is 35.5. The average Bonchev–Trinajstić information content (AvgIpc) is 2.45. The summed E-state index contributed by atoms with van der Waals surface area (Å²) in [7, 11) is 1.83. The first-order valence-electron chi connectivity index (χ1n) is 6.11. The van der Waals surface area contributed by atoms with E-state index in [1.165, 1.54) is 12.1 Å². The lowest BCUT2D eigenvalue weighted by Crippen LogP contribution is -2.19. The van der Waals surface area contributed by atoms with Crippen molar-refractivity contribution in [3.8, 4) is 0 Å². The smallest absolute Gasteiger partial charge is 0.123 e. The zero-order valence-electron chi connectivity index (χ0n) is 10.9. The molecule has 2 aromatic carbocycles. The number of hydrogen-bond acceptors (Lipinski definition) is 2. The van der Waals surface area contributed by atoms with Crippen molar-refractivity contribution in [2.45, 2.75) is 10.9 Å². The molecule has 2 rings (SSSR count). The number of thioether (sulfide) groups is 1. The van der Waals surface area contributed by atoms with E-state index in [-0.39, 0.29) is 11.9 Å². The molecule has 2 aromatic rings. The third kappa shape index (κ3) is 3.89. The van der Waals surface area contributed by atoms with Crippen molar-refractivity contribution in [1.29, 1.82) is 0 Å². The Morgan fingerprint density at radius 2 is 1.90 bits per heavy atom. The Morgan fingerprint density at radius 1 is 1.15 bits per heavy atom. The first kappa shape index (κ1) is 15.6. The number of hydrogen-bond donors (Lipinski definition) is 1. The molecule has 1 unspecified atom stereocenters. The molecule has 0 bridgehead atoms. The largest absolute Gasteiger partial charge is 0.312 e. The van der Waals surface area contributed by atoms with Crippen LogP contribution in [0.1, 0.15) is 11.6 Å². The standard InChI is InChI=1S/C15H14Cl2FNS/c1-19-14(11-8-10(18)6-7-12(11)16)9-20-15-5-3-2-4-13(15)17/h2-8,14,19H,9H2,1H3. The van der Waals surface area contributed by atoms with Gasteiger partial charge in [0.15, 0.2) is 0 Å². The van der Waals surface area contributed by atoms with E-state index in [9.17, 15) is 4.39 Å². The second kappa shape index (κ2) is 7.32. The van der Waals surface area contributed by atoms with E-state index in [1.54, 1.807) is 17.8 Å². The first-order chi connectivity index (χ1) is 9.61. The summed E-state index contributed by atoms with van der Waals surface area (Å²) in [4.78, 5) is 1.00. The van der Waals surface area contributed by atoms with Crippen molar-refractivity contribution in [3.63, 3.8) is 0 Å². The van der Waals surface area contributed by atoms with Crippen LogP contribution in [-0.4, -0.2) is 12.8 Å². The Labute approximate surface area is 132 Å². The molecule has 106 valence electrons. The van der Waals surface area contributed by atoms with Crippen molar-refractivity contribution >= 4 is 35.0 Å². The van der Waals surface area contributed by atoms with Crippen molar-refractivity contribution in [3.05, 3.63) is 63.9 Å². The van der Waals surface area contributed by atoms with E-state index in [4.69, 9.17) is 23.2 Å². The van der Waals surface area contributed by atoms with Gasteiger partial charge in [-0.1, -0.05) is 35.3 Å². The van der Waals surface area contributed by atoms with Crippen LogP contribution in [0.2, 0.25) is 10.0 Å². The van der Waals surface area contributed by atoms with Crippen LogP contribution in [0, 0.1) is 5.82 Å². The molecule has 1 nitrogen and oxygen atoms in total. The molecule has 1 atom stereocenters. The molecule has 0 spiro atoms. The van der Waals surface area contributed by atoms with Gasteiger partial charge in [0.1, 0.15) is 5.82 Å². The van der Waals surface area contributed by atoms with Gasteiger partial charge in [0.2, 0.25) is 0 Å². The summed E-state index contributed by atoms with van der Waals surface area (Å²) in [5.74, 6) is 0.427. The summed E-state index contributed by atoms with van der Waals surface area (Å²) < 4.78 is 13.4. The SMILES string of the molecule is CNC(CSc1ccccc1Cl)c1cc(F)ccc1Cl. The number of rotatable bonds is 5. The van der Waals surface area contributed by atoms with Crippen molar-refractivity contribution in [2.24, 2.45) is 0 Å². The van der Waals surface area contributed by atoms with Crippen LogP contribution in [-0.2, 0) is 0 Å². The van der Waals surface area contributed by atoms with Gasteiger partial charge < -0.3 is 5.32 Å². The Balaban J connectivity index is 2.13. The molecule has 0 heterocycles. The lowest BCUT2D eigenvalue weighted by atomic mass is 10.1. The van der Waals surface area contributed by atoms with Crippen LogP contribution < -0.4 is 5.32 Å². The number of nitrogens with one attached hydrogen (secondary N) is 1. The van der Waals surface area contributed by atoms with Gasteiger partial charge in [0, 0.05) is 21.7 Å². The molecular weight excluding hydrogens is 316 g/mol. The van der Waals surface area contributed by atoms with E-state index in [0.717, 1.165) is 15.5 Å². The van der Waals surface area contributed by atoms with Crippen LogP contribution in [0.25, 0.3) is 0 Å². The van der Waals surface area contributed by atoms with E-state index in [1.807, 2.05) is 31.3 Å². The van der Waals surface area contributed by atoms with Crippen LogP contribution in [0.15, 0.2) is 47.4 Å². The van der Waals surface area contributed by atoms with Crippen LogP contribution in [0.5, 0.6) is 0 Å². The van der Waals surface area contributed by atoms with E-state index < -0.39 is 0 Å². The van der Waals surface area contributed by atoms with Crippen LogP contribution in [0.3, 0.4) is 0 Å². The highest BCUT2D eigenvalue weighted by Crippen LogP contribution is 2.32. The predicted octanol–water partition coefficient (Wildman–Crippen LogP) is 5.19. The highest BCUT2D eigenvalue weighted by Gasteiger charge is 2.15. The third-order valence-electron chi connectivity index (χ3n) is 2.92. The molecule has 0 aliphatic rings. The number of benzene rings is 2. The third-order valence-corrected chi connectivity index (χ3v) is 4.88. The zero-order chi connectivity index (χ0) is 14.5. The molecular formula is C15H14Cl2FNS. The summed E-state index contributed by atoms with van der Waals surface area (Å²) in [5.41, 5.74) is 0.758. The Bertz CT molecular complexity index is 592. The molecule has 0 aromatic heterocycles. The van der Waals surface area contributed by atoms with Gasteiger partial charge in [0.25, 0.3) is 0 Å². The summed E-state index contributed by atoms with van der Waals surface area (Å²) in [6, 6.07) is 12.0. The summed E-state index contributed by atoms with van der Waals surface area (Å²) >= 11 is 13.9. The zero-order valence-corrected chi connectivity index (χ0v) is 13.2. The normalized spacial score (nSPS) is 12.4. The van der Waals surface area contributed by atoms with Gasteiger partial charge in [-0.25, -0.2) is 4.39 Å². The average molecular weight is 330 g/mol. The quantitative estimate of drug-likeness (QED) is 0.758.